The lowest BCUT2D eigenvalue weighted by atomic mass is 10.0. The third kappa shape index (κ3) is 12.4. The minimum Gasteiger partial charge on any atom is -0.478 e. The molecule has 0 aromatic heterocycles. The molecular formula is C19H29NO4. The molecule has 0 fully saturated rings. The molecule has 3 N–H and O–H groups in total. The number of carboxylic acids is 2. The number of carboxylic acid groups (broad SMARTS) is 2. The predicted octanol–water partition coefficient (Wildman–Crippen LogP) is 3.28. The Morgan fingerprint density at radius 3 is 1.96 bits per heavy atom. The minimum absolute atomic E-state index is 0.558. The van der Waals surface area contributed by atoms with Gasteiger partial charge in [-0.2, -0.15) is 0 Å². The van der Waals surface area contributed by atoms with Crippen molar-refractivity contribution < 1.29 is 19.8 Å². The molecule has 0 aliphatic heterocycles. The van der Waals surface area contributed by atoms with Crippen molar-refractivity contribution in [2.45, 2.75) is 52.0 Å². The number of likely N-dealkylation sites (N-methyl/N-ethyl adjacent to an activating group) is 1. The van der Waals surface area contributed by atoms with Gasteiger partial charge in [-0.1, -0.05) is 44.0 Å². The Balaban J connectivity index is 0.000000561. The lowest BCUT2D eigenvalue weighted by Crippen LogP contribution is -2.23. The molecule has 5 nitrogen and oxygen atoms in total. The third-order valence-corrected chi connectivity index (χ3v) is 3.50. The van der Waals surface area contributed by atoms with Crippen LogP contribution < -0.4 is 5.32 Å². The average molecular weight is 335 g/mol. The standard InChI is InChI=1S/C15H25N.C4H4O4/c1-4-5-6-7-14-8-10-15(11-9-14)12-13(2)16-3;5-3(6)1-2-4(7)8/h8-11,13,16H,4-7,12H2,1-3H3;1-2H,(H,5,6)(H,7,8)/b;2-1+. The van der Waals surface area contributed by atoms with Crippen LogP contribution in [0.1, 0.15) is 44.2 Å². The summed E-state index contributed by atoms with van der Waals surface area (Å²) in [4.78, 5) is 19.1. The van der Waals surface area contributed by atoms with E-state index >= 15 is 0 Å². The van der Waals surface area contributed by atoms with Crippen LogP contribution in [-0.2, 0) is 22.4 Å². The molecule has 0 amide bonds. The molecule has 1 rings (SSSR count). The molecule has 134 valence electrons. The summed E-state index contributed by atoms with van der Waals surface area (Å²) >= 11 is 0. The Morgan fingerprint density at radius 1 is 1.04 bits per heavy atom. The molecule has 0 radical (unpaired) electrons. The number of nitrogens with one attached hydrogen (secondary N) is 1. The average Bonchev–Trinajstić information content (AvgIpc) is 2.55. The van der Waals surface area contributed by atoms with E-state index < -0.39 is 11.9 Å². The third-order valence-electron chi connectivity index (χ3n) is 3.50. The van der Waals surface area contributed by atoms with Gasteiger partial charge in [-0.05, 0) is 44.4 Å². The zero-order valence-electron chi connectivity index (χ0n) is 14.8. The smallest absolute Gasteiger partial charge is 0.328 e. The number of hydrogen-bond donors (Lipinski definition) is 3. The topological polar surface area (TPSA) is 86.6 Å². The second-order valence-electron chi connectivity index (χ2n) is 5.68. The first-order valence-corrected chi connectivity index (χ1v) is 8.28. The van der Waals surface area contributed by atoms with E-state index in [1.807, 2.05) is 7.05 Å². The van der Waals surface area contributed by atoms with Crippen molar-refractivity contribution >= 4 is 11.9 Å². The van der Waals surface area contributed by atoms with E-state index in [0.29, 0.717) is 18.2 Å². The minimum atomic E-state index is -1.26. The highest BCUT2D eigenvalue weighted by molar-refractivity contribution is 5.89. The van der Waals surface area contributed by atoms with Gasteiger partial charge in [-0.25, -0.2) is 9.59 Å². The van der Waals surface area contributed by atoms with E-state index in [1.54, 1.807) is 0 Å². The van der Waals surface area contributed by atoms with Crippen molar-refractivity contribution in [3.05, 3.63) is 47.5 Å². The highest BCUT2D eigenvalue weighted by Gasteiger charge is 2.00. The maximum Gasteiger partial charge on any atom is 0.328 e. The van der Waals surface area contributed by atoms with Gasteiger partial charge in [-0.3, -0.25) is 0 Å². The van der Waals surface area contributed by atoms with Crippen molar-refractivity contribution in [1.29, 1.82) is 0 Å². The Hall–Kier alpha value is -2.14. The molecule has 0 spiro atoms. The number of carbonyl (C=O) groups is 2. The Kier molecular flexibility index (Phi) is 12.1. The van der Waals surface area contributed by atoms with Crippen LogP contribution in [0.2, 0.25) is 0 Å². The van der Waals surface area contributed by atoms with Gasteiger partial charge in [0.15, 0.2) is 0 Å². The van der Waals surface area contributed by atoms with E-state index in [0.717, 1.165) is 6.42 Å². The molecule has 1 aromatic rings. The highest BCUT2D eigenvalue weighted by Crippen LogP contribution is 2.10. The fourth-order valence-corrected chi connectivity index (χ4v) is 2.02. The molecule has 0 saturated carbocycles. The van der Waals surface area contributed by atoms with Gasteiger partial charge in [0.2, 0.25) is 0 Å². The largest absolute Gasteiger partial charge is 0.478 e. The summed E-state index contributed by atoms with van der Waals surface area (Å²) in [6, 6.07) is 9.68. The first-order valence-electron chi connectivity index (χ1n) is 8.28. The summed E-state index contributed by atoms with van der Waals surface area (Å²) in [5, 5.41) is 18.9. The number of hydrogen-bond acceptors (Lipinski definition) is 3. The number of aliphatic carboxylic acids is 2. The van der Waals surface area contributed by atoms with E-state index in [-0.39, 0.29) is 0 Å². The fourth-order valence-electron chi connectivity index (χ4n) is 2.02. The van der Waals surface area contributed by atoms with Crippen LogP contribution in [0.5, 0.6) is 0 Å². The van der Waals surface area contributed by atoms with Crippen molar-refractivity contribution in [3.63, 3.8) is 0 Å². The molecule has 0 bridgehead atoms. The molecular weight excluding hydrogens is 306 g/mol. The van der Waals surface area contributed by atoms with Crippen LogP contribution in [0.25, 0.3) is 0 Å². The van der Waals surface area contributed by atoms with Crippen molar-refractivity contribution in [2.24, 2.45) is 0 Å². The SMILES string of the molecule is CCCCCc1ccc(CC(C)NC)cc1.O=C(O)/C=C/C(=O)O. The Bertz CT molecular complexity index is 493. The lowest BCUT2D eigenvalue weighted by molar-refractivity contribution is -0.134. The number of rotatable bonds is 9. The van der Waals surface area contributed by atoms with E-state index in [1.165, 1.54) is 36.8 Å². The summed E-state index contributed by atoms with van der Waals surface area (Å²) < 4.78 is 0. The van der Waals surface area contributed by atoms with Crippen molar-refractivity contribution in [3.8, 4) is 0 Å². The number of benzene rings is 1. The molecule has 0 heterocycles. The maximum absolute atomic E-state index is 9.55. The van der Waals surface area contributed by atoms with Crippen LogP contribution in [0.3, 0.4) is 0 Å². The van der Waals surface area contributed by atoms with Crippen LogP contribution in [0, 0.1) is 0 Å². The van der Waals surface area contributed by atoms with Crippen LogP contribution >= 0.6 is 0 Å². The van der Waals surface area contributed by atoms with Crippen LogP contribution in [0.4, 0.5) is 0 Å². The second-order valence-corrected chi connectivity index (χ2v) is 5.68. The molecule has 0 aliphatic rings. The van der Waals surface area contributed by atoms with E-state index in [4.69, 9.17) is 10.2 Å². The molecule has 1 aromatic carbocycles. The summed E-state index contributed by atoms with van der Waals surface area (Å²) in [6.07, 6.45) is 7.44. The van der Waals surface area contributed by atoms with Gasteiger partial charge >= 0.3 is 11.9 Å². The van der Waals surface area contributed by atoms with Crippen LogP contribution in [-0.4, -0.2) is 35.2 Å². The normalized spacial score (nSPS) is 11.6. The van der Waals surface area contributed by atoms with Gasteiger partial charge in [0, 0.05) is 18.2 Å². The molecule has 1 atom stereocenters. The maximum atomic E-state index is 9.55. The second kappa shape index (κ2) is 13.3. The molecule has 24 heavy (non-hydrogen) atoms. The zero-order valence-corrected chi connectivity index (χ0v) is 14.8. The molecule has 5 heteroatoms. The lowest BCUT2D eigenvalue weighted by Gasteiger charge is -2.10. The predicted molar refractivity (Wildman–Crippen MR) is 96.3 cm³/mol. The van der Waals surface area contributed by atoms with Gasteiger partial charge in [-0.15, -0.1) is 0 Å². The zero-order chi connectivity index (χ0) is 18.4. The van der Waals surface area contributed by atoms with Crippen molar-refractivity contribution in [1.82, 2.24) is 5.32 Å². The Morgan fingerprint density at radius 2 is 1.54 bits per heavy atom. The monoisotopic (exact) mass is 335 g/mol. The van der Waals surface area contributed by atoms with E-state index in [2.05, 4.69) is 43.4 Å². The summed E-state index contributed by atoms with van der Waals surface area (Å²) in [5.41, 5.74) is 2.91. The van der Waals surface area contributed by atoms with Gasteiger partial charge in [0.1, 0.15) is 0 Å². The molecule has 1 unspecified atom stereocenters. The Labute approximate surface area is 144 Å². The number of aryl methyl sites for hydroxylation is 1. The van der Waals surface area contributed by atoms with Crippen molar-refractivity contribution in [2.75, 3.05) is 7.05 Å². The van der Waals surface area contributed by atoms with Gasteiger partial charge < -0.3 is 15.5 Å². The first-order chi connectivity index (χ1) is 11.4. The van der Waals surface area contributed by atoms with Gasteiger partial charge in [0.05, 0.1) is 0 Å². The quantitative estimate of drug-likeness (QED) is 0.476. The fraction of sp³-hybridized carbons (Fsp3) is 0.474. The highest BCUT2D eigenvalue weighted by atomic mass is 16.4. The number of unbranched alkanes of at least 4 members (excludes halogenated alkanes) is 2. The molecule has 0 saturated heterocycles. The summed E-state index contributed by atoms with van der Waals surface area (Å²) in [7, 11) is 2.02. The first kappa shape index (κ1) is 21.9. The van der Waals surface area contributed by atoms with Crippen LogP contribution in [0.15, 0.2) is 36.4 Å². The summed E-state index contributed by atoms with van der Waals surface area (Å²) in [5.74, 6) is -2.51. The van der Waals surface area contributed by atoms with Gasteiger partial charge in [0.25, 0.3) is 0 Å². The van der Waals surface area contributed by atoms with E-state index in [9.17, 15) is 9.59 Å². The molecule has 0 aliphatic carbocycles. The summed E-state index contributed by atoms with van der Waals surface area (Å²) in [6.45, 7) is 4.47.